The van der Waals surface area contributed by atoms with Crippen LogP contribution in [-0.4, -0.2) is 25.3 Å². The average Bonchev–Trinajstić information content (AvgIpc) is 2.45. The van der Waals surface area contributed by atoms with Gasteiger partial charge in [-0.3, -0.25) is 0 Å². The van der Waals surface area contributed by atoms with Gasteiger partial charge in [-0.05, 0) is 37.8 Å². The maximum atomic E-state index is 10.5. The van der Waals surface area contributed by atoms with Crippen molar-refractivity contribution in [1.82, 2.24) is 0 Å². The van der Waals surface area contributed by atoms with Gasteiger partial charge in [-0.25, -0.2) is 0 Å². The van der Waals surface area contributed by atoms with E-state index < -0.39 is 13.5 Å². The first kappa shape index (κ1) is 15.3. The normalized spacial score (nSPS) is 16.3. The summed E-state index contributed by atoms with van der Waals surface area (Å²) in [5, 5.41) is 13.2. The molecule has 0 unspecified atom stereocenters. The van der Waals surface area contributed by atoms with Crippen molar-refractivity contribution < 1.29 is 5.11 Å². The Morgan fingerprint density at radius 3 is 1.65 bits per heavy atom. The Hall–Kier alpha value is -1.11. The van der Waals surface area contributed by atoms with Gasteiger partial charge in [-0.2, -0.15) is 0 Å². The summed E-state index contributed by atoms with van der Waals surface area (Å²) in [6, 6.07) is 21.3. The highest BCUT2D eigenvalue weighted by molar-refractivity contribution is 7.73. The van der Waals surface area contributed by atoms with Crippen LogP contribution in [0.15, 0.2) is 60.7 Å². The van der Waals surface area contributed by atoms with Crippen LogP contribution in [0.2, 0.25) is 0 Å². The van der Waals surface area contributed by atoms with E-state index in [0.717, 1.165) is 19.0 Å². The van der Waals surface area contributed by atoms with Crippen LogP contribution in [0.4, 0.5) is 0 Å². The third-order valence-electron chi connectivity index (χ3n) is 3.87. The average molecular weight is 281 g/mol. The van der Waals surface area contributed by atoms with Crippen molar-refractivity contribution in [1.29, 1.82) is 0 Å². The van der Waals surface area contributed by atoms with Crippen molar-refractivity contribution in [3.05, 3.63) is 60.7 Å². The van der Waals surface area contributed by atoms with E-state index in [2.05, 4.69) is 60.7 Å². The first-order valence-corrected chi connectivity index (χ1v) is 8.40. The van der Waals surface area contributed by atoms with Gasteiger partial charge in [0.2, 0.25) is 0 Å². The van der Waals surface area contributed by atoms with Gasteiger partial charge in [-0.1, -0.05) is 60.7 Å². The van der Waals surface area contributed by atoms with E-state index in [0.29, 0.717) is 0 Å². The standard InChI is InChI=1S/C17H19OP.B/c18-17(12-7-13-17)14-19(15-8-3-1-4-9-15)16-10-5-2-6-11-16;/h1-6,8-11,18H,7,12-14H2;. The van der Waals surface area contributed by atoms with Gasteiger partial charge in [0.1, 0.15) is 0 Å². The largest absolute Gasteiger partial charge is 0.390 e. The molecule has 1 nitrogen and oxygen atoms in total. The fourth-order valence-electron chi connectivity index (χ4n) is 2.58. The molecule has 20 heavy (non-hydrogen) atoms. The van der Waals surface area contributed by atoms with Gasteiger partial charge in [0.05, 0.1) is 5.60 Å². The monoisotopic (exact) mass is 281 g/mol. The minimum Gasteiger partial charge on any atom is -0.390 e. The lowest BCUT2D eigenvalue weighted by Gasteiger charge is -2.39. The van der Waals surface area contributed by atoms with Gasteiger partial charge < -0.3 is 5.11 Å². The molecule has 1 fully saturated rings. The number of hydrogen-bond donors (Lipinski definition) is 1. The van der Waals surface area contributed by atoms with E-state index in [1.54, 1.807) is 0 Å². The van der Waals surface area contributed by atoms with Gasteiger partial charge in [0.15, 0.2) is 0 Å². The zero-order valence-corrected chi connectivity index (χ0v) is 12.5. The molecule has 1 N–H and O–H groups in total. The van der Waals surface area contributed by atoms with Gasteiger partial charge in [0, 0.05) is 14.6 Å². The van der Waals surface area contributed by atoms with Crippen molar-refractivity contribution in [2.75, 3.05) is 6.16 Å². The number of aliphatic hydroxyl groups is 1. The van der Waals surface area contributed by atoms with E-state index >= 15 is 0 Å². The molecule has 0 atom stereocenters. The van der Waals surface area contributed by atoms with Crippen LogP contribution in [0.5, 0.6) is 0 Å². The van der Waals surface area contributed by atoms with Crippen LogP contribution in [0.1, 0.15) is 19.3 Å². The summed E-state index contributed by atoms with van der Waals surface area (Å²) in [5.74, 6) is 0. The highest BCUT2D eigenvalue weighted by atomic mass is 31.1. The Kier molecular flexibility index (Phi) is 5.02. The zero-order valence-electron chi connectivity index (χ0n) is 11.6. The predicted octanol–water partition coefficient (Wildman–Crippen LogP) is 2.65. The Morgan fingerprint density at radius 2 is 1.30 bits per heavy atom. The lowest BCUT2D eigenvalue weighted by Crippen LogP contribution is -2.41. The topological polar surface area (TPSA) is 20.2 Å². The molecule has 2 aromatic carbocycles. The van der Waals surface area contributed by atoms with Crippen molar-refractivity contribution >= 4 is 26.9 Å². The van der Waals surface area contributed by atoms with Crippen molar-refractivity contribution in [2.45, 2.75) is 24.9 Å². The molecular formula is C17H19BOP. The third-order valence-corrected chi connectivity index (χ3v) is 6.62. The van der Waals surface area contributed by atoms with E-state index in [4.69, 9.17) is 0 Å². The zero-order chi connectivity index (χ0) is 13.1. The summed E-state index contributed by atoms with van der Waals surface area (Å²) in [7, 11) is -0.443. The summed E-state index contributed by atoms with van der Waals surface area (Å²) in [5.41, 5.74) is -0.419. The van der Waals surface area contributed by atoms with Crippen molar-refractivity contribution in [2.24, 2.45) is 0 Å². The smallest absolute Gasteiger partial charge is 0.0692 e. The molecule has 0 saturated heterocycles. The fraction of sp³-hybridized carbons (Fsp3) is 0.294. The van der Waals surface area contributed by atoms with Crippen molar-refractivity contribution in [3.8, 4) is 0 Å². The molecule has 0 bridgehead atoms. The van der Waals surface area contributed by atoms with E-state index in [-0.39, 0.29) is 8.41 Å². The first-order valence-electron chi connectivity index (χ1n) is 6.87. The lowest BCUT2D eigenvalue weighted by atomic mass is 9.82. The van der Waals surface area contributed by atoms with Gasteiger partial charge in [-0.15, -0.1) is 0 Å². The van der Waals surface area contributed by atoms with Crippen LogP contribution in [0.25, 0.3) is 0 Å². The van der Waals surface area contributed by atoms with E-state index in [1.165, 1.54) is 17.0 Å². The summed E-state index contributed by atoms with van der Waals surface area (Å²) in [6.07, 6.45) is 4.00. The Morgan fingerprint density at radius 1 is 0.850 bits per heavy atom. The first-order chi connectivity index (χ1) is 9.27. The van der Waals surface area contributed by atoms with Gasteiger partial charge in [0.25, 0.3) is 0 Å². The van der Waals surface area contributed by atoms with Crippen molar-refractivity contribution in [3.63, 3.8) is 0 Å². The number of hydrogen-bond acceptors (Lipinski definition) is 1. The Labute approximate surface area is 124 Å². The summed E-state index contributed by atoms with van der Waals surface area (Å²) >= 11 is 0. The molecular weight excluding hydrogens is 262 g/mol. The Bertz CT molecular complexity index is 486. The molecule has 1 saturated carbocycles. The molecule has 3 radical (unpaired) electrons. The molecule has 1 aliphatic carbocycles. The highest BCUT2D eigenvalue weighted by Gasteiger charge is 2.37. The molecule has 2 aromatic rings. The molecule has 0 aromatic heterocycles. The van der Waals surface area contributed by atoms with E-state index in [1.807, 2.05) is 0 Å². The molecule has 3 heteroatoms. The van der Waals surface area contributed by atoms with E-state index in [9.17, 15) is 5.11 Å². The highest BCUT2D eigenvalue weighted by Crippen LogP contribution is 2.44. The Balaban J connectivity index is 0.00000147. The molecule has 0 aliphatic heterocycles. The number of benzene rings is 2. The quantitative estimate of drug-likeness (QED) is 0.674. The number of rotatable bonds is 4. The van der Waals surface area contributed by atoms with Crippen LogP contribution in [0.3, 0.4) is 0 Å². The second-order valence-corrected chi connectivity index (χ2v) is 7.54. The minimum absolute atomic E-state index is 0. The predicted molar refractivity (Wildman–Crippen MR) is 88.5 cm³/mol. The SMILES string of the molecule is OC1(CP(c2ccccc2)c2ccccc2)CCC1.[B]. The third kappa shape index (κ3) is 3.31. The maximum Gasteiger partial charge on any atom is 0.0692 e. The molecule has 0 heterocycles. The molecule has 0 amide bonds. The van der Waals surface area contributed by atoms with Gasteiger partial charge >= 0.3 is 0 Å². The second-order valence-electron chi connectivity index (χ2n) is 5.34. The molecule has 3 rings (SSSR count). The maximum absolute atomic E-state index is 10.5. The van der Waals surface area contributed by atoms with Crippen LogP contribution < -0.4 is 10.6 Å². The minimum atomic E-state index is -0.443. The summed E-state index contributed by atoms with van der Waals surface area (Å²) in [4.78, 5) is 0. The fourth-order valence-corrected chi connectivity index (χ4v) is 5.22. The van der Waals surface area contributed by atoms with Crippen LogP contribution in [0, 0.1) is 0 Å². The molecule has 0 spiro atoms. The molecule has 101 valence electrons. The second kappa shape index (κ2) is 6.56. The summed E-state index contributed by atoms with van der Waals surface area (Å²) in [6.45, 7) is 0. The van der Waals surface area contributed by atoms with Crippen LogP contribution >= 0.6 is 7.92 Å². The summed E-state index contributed by atoms with van der Waals surface area (Å²) < 4.78 is 0. The van der Waals surface area contributed by atoms with Crippen LogP contribution in [-0.2, 0) is 0 Å². The lowest BCUT2D eigenvalue weighted by molar-refractivity contribution is -0.0106. The molecule has 1 aliphatic rings.